The number of anilines is 1. The molecule has 2 aromatic carbocycles. The van der Waals surface area contributed by atoms with Crippen LogP contribution in [-0.2, 0) is 6.54 Å². The Morgan fingerprint density at radius 1 is 1.20 bits per heavy atom. The monoisotopic (exact) mass is 565 g/mol. The summed E-state index contributed by atoms with van der Waals surface area (Å²) in [6, 6.07) is 11.3. The number of nitrogens with zero attached hydrogens (tertiary/aromatic N) is 4. The van der Waals surface area contributed by atoms with E-state index < -0.39 is 6.10 Å². The van der Waals surface area contributed by atoms with Gasteiger partial charge in [-0.15, -0.1) is 0 Å². The number of amides is 2. The van der Waals surface area contributed by atoms with Gasteiger partial charge in [0, 0.05) is 43.3 Å². The molecule has 0 spiro atoms. The summed E-state index contributed by atoms with van der Waals surface area (Å²) in [7, 11) is 0. The van der Waals surface area contributed by atoms with Crippen molar-refractivity contribution < 1.29 is 14.6 Å². The van der Waals surface area contributed by atoms with Crippen LogP contribution in [0.2, 0.25) is 5.02 Å². The minimum Gasteiger partial charge on any atom is -0.493 e. The van der Waals surface area contributed by atoms with E-state index in [2.05, 4.69) is 5.32 Å². The van der Waals surface area contributed by atoms with Gasteiger partial charge in [-0.3, -0.25) is 13.9 Å². The zero-order valence-electron chi connectivity index (χ0n) is 22.5. The van der Waals surface area contributed by atoms with Gasteiger partial charge in [-0.1, -0.05) is 11.6 Å². The van der Waals surface area contributed by atoms with E-state index in [1.165, 1.54) is 4.57 Å². The maximum Gasteiger partial charge on any atom is 0.331 e. The van der Waals surface area contributed by atoms with Crippen LogP contribution in [0.1, 0.15) is 44.7 Å². The molecule has 1 saturated heterocycles. The number of benzene rings is 2. The van der Waals surface area contributed by atoms with Crippen molar-refractivity contribution in [3.05, 3.63) is 67.8 Å². The van der Waals surface area contributed by atoms with E-state index in [0.29, 0.717) is 53.3 Å². The van der Waals surface area contributed by atoms with E-state index >= 15 is 0 Å². The minimum atomic E-state index is -0.642. The number of aliphatic hydroxyl groups is 1. The molecule has 2 aliphatic rings. The van der Waals surface area contributed by atoms with Crippen LogP contribution in [0.15, 0.2) is 46.0 Å². The first-order valence-corrected chi connectivity index (χ1v) is 13.9. The molecule has 2 amide bonds. The molecule has 3 aromatic rings. The molecule has 1 saturated carbocycles. The Balaban J connectivity index is 1.31. The van der Waals surface area contributed by atoms with Gasteiger partial charge >= 0.3 is 11.7 Å². The normalized spacial score (nSPS) is 19.1. The molecule has 5 rings (SSSR count). The van der Waals surface area contributed by atoms with E-state index in [1.54, 1.807) is 45.9 Å². The predicted octanol–water partition coefficient (Wildman–Crippen LogP) is 3.97. The average Bonchev–Trinajstić information content (AvgIpc) is 3.75. The number of likely N-dealkylation sites (tertiary alicyclic amines) is 1. The van der Waals surface area contributed by atoms with E-state index in [1.807, 2.05) is 19.9 Å². The molecule has 1 aromatic heterocycles. The molecule has 0 radical (unpaired) electrons. The highest BCUT2D eigenvalue weighted by Gasteiger charge is 2.31. The molecule has 1 aliphatic heterocycles. The first-order chi connectivity index (χ1) is 19.2. The molecular formula is C29H32ClN5O5. The maximum absolute atomic E-state index is 13.3. The Kier molecular flexibility index (Phi) is 7.88. The minimum absolute atomic E-state index is 0.138. The second-order valence-corrected chi connectivity index (χ2v) is 11.3. The molecular weight excluding hydrogens is 534 g/mol. The van der Waals surface area contributed by atoms with E-state index in [9.17, 15) is 19.5 Å². The van der Waals surface area contributed by atoms with Crippen LogP contribution in [0.3, 0.4) is 0 Å². The van der Waals surface area contributed by atoms with Crippen molar-refractivity contribution in [2.45, 2.75) is 51.8 Å². The van der Waals surface area contributed by atoms with Crippen LogP contribution in [0.5, 0.6) is 5.75 Å². The van der Waals surface area contributed by atoms with Crippen molar-refractivity contribution in [3.8, 4) is 11.8 Å². The highest BCUT2D eigenvalue weighted by molar-refractivity contribution is 6.31. The van der Waals surface area contributed by atoms with E-state index in [4.69, 9.17) is 21.6 Å². The number of urea groups is 1. The highest BCUT2D eigenvalue weighted by Crippen LogP contribution is 2.30. The first kappa shape index (κ1) is 27.7. The molecule has 0 bridgehead atoms. The van der Waals surface area contributed by atoms with E-state index in [-0.39, 0.29) is 47.4 Å². The van der Waals surface area contributed by atoms with Gasteiger partial charge in [0.15, 0.2) is 0 Å². The number of nitrogens with one attached hydrogen (secondary N) is 1. The Morgan fingerprint density at radius 3 is 2.65 bits per heavy atom. The van der Waals surface area contributed by atoms with Crippen molar-refractivity contribution in [3.63, 3.8) is 0 Å². The summed E-state index contributed by atoms with van der Waals surface area (Å²) in [4.78, 5) is 41.2. The number of nitriles is 1. The molecule has 2 atom stereocenters. The molecule has 210 valence electrons. The SMILES string of the molecule is CC(C)n1c(=O)n(CC2CC2)c(=O)c2cc(NC(=O)N3CCC(O)C(COc4ccc(C#N)c(Cl)c4)C3)ccc21. The van der Waals surface area contributed by atoms with Crippen LogP contribution in [0, 0.1) is 23.2 Å². The van der Waals surface area contributed by atoms with Crippen molar-refractivity contribution in [1.29, 1.82) is 5.26 Å². The molecule has 2 heterocycles. The Morgan fingerprint density at radius 2 is 1.98 bits per heavy atom. The molecule has 2 N–H and O–H groups in total. The van der Waals surface area contributed by atoms with Gasteiger partial charge < -0.3 is 20.1 Å². The smallest absolute Gasteiger partial charge is 0.331 e. The number of rotatable bonds is 7. The summed E-state index contributed by atoms with van der Waals surface area (Å²) in [5, 5.41) is 23.1. The lowest BCUT2D eigenvalue weighted by Gasteiger charge is -2.36. The number of fused-ring (bicyclic) bond motifs is 1. The van der Waals surface area contributed by atoms with Gasteiger partial charge in [-0.05, 0) is 69.4 Å². The van der Waals surface area contributed by atoms with Gasteiger partial charge in [0.2, 0.25) is 0 Å². The van der Waals surface area contributed by atoms with Crippen molar-refractivity contribution >= 4 is 34.2 Å². The Hall–Kier alpha value is -3.81. The molecule has 40 heavy (non-hydrogen) atoms. The number of aromatic nitrogens is 2. The number of aliphatic hydroxyl groups excluding tert-OH is 1. The molecule has 2 unspecified atom stereocenters. The standard InChI is InChI=1S/C29H32ClN5O5/c1-17(2)35-25-8-6-21(11-23(25)27(37)34(29(35)39)14-18-3-4-18)32-28(38)33-10-9-26(36)20(15-33)16-40-22-7-5-19(13-31)24(30)12-22/h5-8,11-12,17-18,20,26,36H,3-4,9-10,14-16H2,1-2H3,(H,32,38). The summed E-state index contributed by atoms with van der Waals surface area (Å²) in [6.07, 6.45) is 1.77. The summed E-state index contributed by atoms with van der Waals surface area (Å²) < 4.78 is 8.76. The third kappa shape index (κ3) is 5.71. The van der Waals surface area contributed by atoms with Crippen molar-refractivity contribution in [1.82, 2.24) is 14.0 Å². The molecule has 1 aliphatic carbocycles. The summed E-state index contributed by atoms with van der Waals surface area (Å²) >= 11 is 6.08. The number of hydrogen-bond acceptors (Lipinski definition) is 6. The average molecular weight is 566 g/mol. The molecule has 10 nitrogen and oxygen atoms in total. The van der Waals surface area contributed by atoms with Gasteiger partial charge in [0.25, 0.3) is 5.56 Å². The van der Waals surface area contributed by atoms with E-state index in [0.717, 1.165) is 12.8 Å². The second kappa shape index (κ2) is 11.4. The number of halogens is 1. The quantitative estimate of drug-likeness (QED) is 0.446. The predicted molar refractivity (Wildman–Crippen MR) is 152 cm³/mol. The van der Waals surface area contributed by atoms with Crippen LogP contribution in [0.25, 0.3) is 10.9 Å². The highest BCUT2D eigenvalue weighted by atomic mass is 35.5. The van der Waals surface area contributed by atoms with Crippen LogP contribution in [0.4, 0.5) is 10.5 Å². The second-order valence-electron chi connectivity index (χ2n) is 10.9. The maximum atomic E-state index is 13.3. The topological polar surface area (TPSA) is 130 Å². The van der Waals surface area contributed by atoms with Crippen LogP contribution >= 0.6 is 11.6 Å². The first-order valence-electron chi connectivity index (χ1n) is 13.5. The van der Waals surface area contributed by atoms with Crippen LogP contribution in [-0.4, -0.2) is 51.0 Å². The third-order valence-electron chi connectivity index (χ3n) is 7.58. The fourth-order valence-corrected chi connectivity index (χ4v) is 5.34. The Labute approximate surface area is 236 Å². The zero-order valence-corrected chi connectivity index (χ0v) is 23.2. The van der Waals surface area contributed by atoms with Gasteiger partial charge in [0.1, 0.15) is 11.8 Å². The number of piperidine rings is 1. The van der Waals surface area contributed by atoms with Crippen molar-refractivity contribution in [2.24, 2.45) is 11.8 Å². The lowest BCUT2D eigenvalue weighted by molar-refractivity contribution is 0.0194. The third-order valence-corrected chi connectivity index (χ3v) is 7.89. The lowest BCUT2D eigenvalue weighted by Crippen LogP contribution is -2.49. The lowest BCUT2D eigenvalue weighted by atomic mass is 9.95. The fourth-order valence-electron chi connectivity index (χ4n) is 5.13. The van der Waals surface area contributed by atoms with Gasteiger partial charge in [0.05, 0.1) is 34.2 Å². The molecule has 2 fully saturated rings. The number of hydrogen-bond donors (Lipinski definition) is 2. The van der Waals surface area contributed by atoms with Gasteiger partial charge in [-0.25, -0.2) is 9.59 Å². The number of ether oxygens (including phenoxy) is 1. The number of carbonyl (C=O) groups excluding carboxylic acids is 1. The largest absolute Gasteiger partial charge is 0.493 e. The Bertz CT molecular complexity index is 1600. The summed E-state index contributed by atoms with van der Waals surface area (Å²) in [6.45, 7) is 5.01. The summed E-state index contributed by atoms with van der Waals surface area (Å²) in [5.74, 6) is 0.494. The zero-order chi connectivity index (χ0) is 28.6. The number of carbonyl (C=O) groups is 1. The van der Waals surface area contributed by atoms with Crippen LogP contribution < -0.4 is 21.3 Å². The fraction of sp³-hybridized carbons (Fsp3) is 0.448. The van der Waals surface area contributed by atoms with Gasteiger partial charge in [-0.2, -0.15) is 5.26 Å². The summed E-state index contributed by atoms with van der Waals surface area (Å²) in [5.41, 5.74) is 0.683. The molecule has 11 heteroatoms. The van der Waals surface area contributed by atoms with Crippen molar-refractivity contribution in [2.75, 3.05) is 25.0 Å².